The molecule has 0 amide bonds. The first kappa shape index (κ1) is 16.1. The van der Waals surface area contributed by atoms with E-state index in [1.807, 2.05) is 4.68 Å². The third-order valence-electron chi connectivity index (χ3n) is 4.25. The summed E-state index contributed by atoms with van der Waals surface area (Å²) in [6.45, 7) is 11.0. The summed E-state index contributed by atoms with van der Waals surface area (Å²) in [4.78, 5) is 6.95. The van der Waals surface area contributed by atoms with E-state index in [1.165, 1.54) is 5.56 Å². The summed E-state index contributed by atoms with van der Waals surface area (Å²) in [5.74, 6) is 1.01. The average molecular weight is 314 g/mol. The van der Waals surface area contributed by atoms with Crippen molar-refractivity contribution >= 4 is 0 Å². The van der Waals surface area contributed by atoms with Gasteiger partial charge in [0.1, 0.15) is 12.2 Å². The third kappa shape index (κ3) is 3.62. The standard InChI is InChI=1S/C18H26N4O/c1-14-10-21(11-17-19-13-20-22(17)18(2,3)4)16(12-23-14)15-8-6-5-7-9-15/h5-9,13-14,16H,10-12H2,1-4H3. The zero-order chi connectivity index (χ0) is 16.4. The van der Waals surface area contributed by atoms with Crippen LogP contribution in [0, 0.1) is 0 Å². The van der Waals surface area contributed by atoms with Gasteiger partial charge in [0.25, 0.3) is 0 Å². The van der Waals surface area contributed by atoms with E-state index in [2.05, 4.69) is 73.0 Å². The number of ether oxygens (including phenoxy) is 1. The third-order valence-corrected chi connectivity index (χ3v) is 4.25. The SMILES string of the molecule is CC1CN(Cc2ncnn2C(C)(C)C)C(c2ccccc2)CO1. The normalized spacial score (nSPS) is 23.1. The first-order valence-electron chi connectivity index (χ1n) is 8.25. The summed E-state index contributed by atoms with van der Waals surface area (Å²) >= 11 is 0. The zero-order valence-electron chi connectivity index (χ0n) is 14.4. The molecule has 0 radical (unpaired) electrons. The molecule has 1 aliphatic rings. The van der Waals surface area contributed by atoms with Crippen molar-refractivity contribution in [3.63, 3.8) is 0 Å². The van der Waals surface area contributed by atoms with Crippen molar-refractivity contribution in [2.45, 2.75) is 51.9 Å². The van der Waals surface area contributed by atoms with Crippen molar-refractivity contribution in [1.82, 2.24) is 19.7 Å². The van der Waals surface area contributed by atoms with Crippen molar-refractivity contribution in [2.75, 3.05) is 13.2 Å². The van der Waals surface area contributed by atoms with Crippen LogP contribution in [0.25, 0.3) is 0 Å². The maximum absolute atomic E-state index is 5.91. The summed E-state index contributed by atoms with van der Waals surface area (Å²) in [6.07, 6.45) is 1.89. The second-order valence-electron chi connectivity index (χ2n) is 7.26. The van der Waals surface area contributed by atoms with Crippen molar-refractivity contribution in [3.05, 3.63) is 48.0 Å². The minimum absolute atomic E-state index is 0.0635. The number of rotatable bonds is 3. The highest BCUT2D eigenvalue weighted by Gasteiger charge is 2.30. The Labute approximate surface area is 138 Å². The lowest BCUT2D eigenvalue weighted by molar-refractivity contribution is -0.0613. The molecule has 2 unspecified atom stereocenters. The Hall–Kier alpha value is -1.72. The largest absolute Gasteiger partial charge is 0.375 e. The van der Waals surface area contributed by atoms with Crippen LogP contribution in [0.2, 0.25) is 0 Å². The monoisotopic (exact) mass is 314 g/mol. The summed E-state index contributed by atoms with van der Waals surface area (Å²) < 4.78 is 7.93. The van der Waals surface area contributed by atoms with Crippen LogP contribution in [0.15, 0.2) is 36.7 Å². The van der Waals surface area contributed by atoms with Gasteiger partial charge in [-0.05, 0) is 33.3 Å². The second kappa shape index (κ2) is 6.42. The quantitative estimate of drug-likeness (QED) is 0.873. The lowest BCUT2D eigenvalue weighted by Crippen LogP contribution is -2.44. The minimum atomic E-state index is -0.0635. The predicted octanol–water partition coefficient (Wildman–Crippen LogP) is 3.00. The van der Waals surface area contributed by atoms with Crippen LogP contribution in [0.4, 0.5) is 0 Å². The van der Waals surface area contributed by atoms with Gasteiger partial charge < -0.3 is 4.74 Å². The molecule has 0 bridgehead atoms. The van der Waals surface area contributed by atoms with Crippen molar-refractivity contribution < 1.29 is 4.74 Å². The fourth-order valence-corrected chi connectivity index (χ4v) is 3.14. The lowest BCUT2D eigenvalue weighted by Gasteiger charge is -2.39. The number of hydrogen-bond acceptors (Lipinski definition) is 4. The first-order valence-corrected chi connectivity index (χ1v) is 8.25. The molecule has 3 rings (SSSR count). The molecular weight excluding hydrogens is 288 g/mol. The Morgan fingerprint density at radius 1 is 1.22 bits per heavy atom. The van der Waals surface area contributed by atoms with Crippen LogP contribution < -0.4 is 0 Å². The Morgan fingerprint density at radius 3 is 2.65 bits per heavy atom. The molecule has 0 spiro atoms. The van der Waals surface area contributed by atoms with Crippen molar-refractivity contribution in [1.29, 1.82) is 0 Å². The number of morpholine rings is 1. The van der Waals surface area contributed by atoms with Gasteiger partial charge in [-0.1, -0.05) is 30.3 Å². The second-order valence-corrected chi connectivity index (χ2v) is 7.26. The molecule has 1 aromatic heterocycles. The fraction of sp³-hybridized carbons (Fsp3) is 0.556. The van der Waals surface area contributed by atoms with E-state index < -0.39 is 0 Å². The molecular formula is C18H26N4O. The Kier molecular flexibility index (Phi) is 4.50. The molecule has 0 N–H and O–H groups in total. The molecule has 1 aliphatic heterocycles. The van der Waals surface area contributed by atoms with Gasteiger partial charge in [0.15, 0.2) is 0 Å². The maximum Gasteiger partial charge on any atom is 0.141 e. The number of hydrogen-bond donors (Lipinski definition) is 0. The number of aromatic nitrogens is 3. The van der Waals surface area contributed by atoms with Crippen molar-refractivity contribution in [3.8, 4) is 0 Å². The van der Waals surface area contributed by atoms with E-state index in [0.717, 1.165) is 25.5 Å². The van der Waals surface area contributed by atoms with E-state index >= 15 is 0 Å². The van der Waals surface area contributed by atoms with Crippen LogP contribution in [-0.2, 0) is 16.8 Å². The Balaban J connectivity index is 1.85. The Bertz CT molecular complexity index is 632. The van der Waals surface area contributed by atoms with Gasteiger partial charge in [-0.25, -0.2) is 9.67 Å². The van der Waals surface area contributed by atoms with Crippen LogP contribution in [0.3, 0.4) is 0 Å². The smallest absolute Gasteiger partial charge is 0.141 e. The van der Waals surface area contributed by atoms with E-state index in [4.69, 9.17) is 4.74 Å². The molecule has 2 atom stereocenters. The van der Waals surface area contributed by atoms with E-state index in [1.54, 1.807) is 6.33 Å². The molecule has 1 aromatic carbocycles. The minimum Gasteiger partial charge on any atom is -0.375 e. The van der Waals surface area contributed by atoms with Crippen LogP contribution >= 0.6 is 0 Å². The maximum atomic E-state index is 5.91. The highest BCUT2D eigenvalue weighted by atomic mass is 16.5. The van der Waals surface area contributed by atoms with E-state index in [-0.39, 0.29) is 17.7 Å². The molecule has 5 nitrogen and oxygen atoms in total. The molecule has 23 heavy (non-hydrogen) atoms. The Morgan fingerprint density at radius 2 is 1.96 bits per heavy atom. The fourth-order valence-electron chi connectivity index (χ4n) is 3.14. The molecule has 0 saturated carbocycles. The van der Waals surface area contributed by atoms with Gasteiger partial charge in [-0.15, -0.1) is 0 Å². The van der Waals surface area contributed by atoms with Crippen molar-refractivity contribution in [2.24, 2.45) is 0 Å². The first-order chi connectivity index (χ1) is 10.9. The average Bonchev–Trinajstić information content (AvgIpc) is 2.97. The molecule has 1 saturated heterocycles. The molecule has 124 valence electrons. The van der Waals surface area contributed by atoms with Gasteiger partial charge in [-0.2, -0.15) is 5.10 Å². The van der Waals surface area contributed by atoms with Gasteiger partial charge in [0.2, 0.25) is 0 Å². The summed E-state index contributed by atoms with van der Waals surface area (Å²) in [5, 5.41) is 4.42. The summed E-state index contributed by atoms with van der Waals surface area (Å²) in [5.41, 5.74) is 1.23. The lowest BCUT2D eigenvalue weighted by atomic mass is 10.0. The highest BCUT2D eigenvalue weighted by Crippen LogP contribution is 2.28. The van der Waals surface area contributed by atoms with Crippen LogP contribution in [0.1, 0.15) is 45.1 Å². The van der Waals surface area contributed by atoms with Gasteiger partial charge >= 0.3 is 0 Å². The van der Waals surface area contributed by atoms with Crippen LogP contribution in [-0.4, -0.2) is 38.9 Å². The van der Waals surface area contributed by atoms with E-state index in [0.29, 0.717) is 0 Å². The van der Waals surface area contributed by atoms with Gasteiger partial charge in [0, 0.05) is 6.54 Å². The number of benzene rings is 1. The highest BCUT2D eigenvalue weighted by molar-refractivity contribution is 5.20. The molecule has 0 aliphatic carbocycles. The molecule has 2 aromatic rings. The predicted molar refractivity (Wildman–Crippen MR) is 90.0 cm³/mol. The van der Waals surface area contributed by atoms with E-state index in [9.17, 15) is 0 Å². The number of nitrogens with zero attached hydrogens (tertiary/aromatic N) is 4. The topological polar surface area (TPSA) is 43.2 Å². The zero-order valence-corrected chi connectivity index (χ0v) is 14.4. The van der Waals surface area contributed by atoms with Gasteiger partial charge in [0.05, 0.1) is 30.8 Å². The molecule has 1 fully saturated rings. The summed E-state index contributed by atoms with van der Waals surface area (Å²) in [7, 11) is 0. The molecule has 5 heteroatoms. The molecule has 2 heterocycles. The van der Waals surface area contributed by atoms with Gasteiger partial charge in [-0.3, -0.25) is 4.90 Å². The summed E-state index contributed by atoms with van der Waals surface area (Å²) in [6, 6.07) is 10.8. The van der Waals surface area contributed by atoms with Crippen LogP contribution in [0.5, 0.6) is 0 Å².